The SMILES string of the molecule is CN(C)CCC1c2ccccc2S(=O)(=O)C(CCN(C)C)c2ccccc2S1(=O)=O. The monoisotopic (exact) mass is 450 g/mol. The van der Waals surface area contributed by atoms with Gasteiger partial charge in [-0.1, -0.05) is 36.4 Å². The molecule has 164 valence electrons. The van der Waals surface area contributed by atoms with Crippen molar-refractivity contribution in [2.45, 2.75) is 33.1 Å². The van der Waals surface area contributed by atoms with Gasteiger partial charge in [0.25, 0.3) is 0 Å². The summed E-state index contributed by atoms with van der Waals surface area (Å²) in [4.78, 5) is 4.10. The fourth-order valence-corrected chi connectivity index (χ4v) is 8.31. The normalized spacial score (nSPS) is 22.2. The molecule has 1 heterocycles. The highest BCUT2D eigenvalue weighted by Gasteiger charge is 2.42. The van der Waals surface area contributed by atoms with Crippen molar-refractivity contribution in [3.8, 4) is 0 Å². The molecule has 3 rings (SSSR count). The molecule has 2 aromatic carbocycles. The summed E-state index contributed by atoms with van der Waals surface area (Å²) in [5.41, 5.74) is 0.757. The van der Waals surface area contributed by atoms with Gasteiger partial charge in [-0.3, -0.25) is 0 Å². The first-order valence-electron chi connectivity index (χ1n) is 10.0. The molecule has 2 aromatic rings. The fourth-order valence-electron chi connectivity index (χ4n) is 4.02. The lowest BCUT2D eigenvalue weighted by molar-refractivity contribution is 0.391. The lowest BCUT2D eigenvalue weighted by atomic mass is 10.1. The van der Waals surface area contributed by atoms with Gasteiger partial charge in [-0.2, -0.15) is 0 Å². The molecule has 0 spiro atoms. The Kier molecular flexibility index (Phi) is 6.72. The van der Waals surface area contributed by atoms with Gasteiger partial charge in [0.2, 0.25) is 0 Å². The number of hydrogen-bond donors (Lipinski definition) is 0. The molecule has 0 N–H and O–H groups in total. The molecule has 0 saturated carbocycles. The standard InChI is InChI=1S/C22H30N2O4S2/c1-23(2)15-13-21-17-9-5-7-11-19(17)30(27,28)22(14-16-24(3)4)18-10-6-8-12-20(18)29(21,25)26/h5-12,21-22H,13-16H2,1-4H3. The van der Waals surface area contributed by atoms with Gasteiger partial charge in [0, 0.05) is 0 Å². The Hall–Kier alpha value is -1.74. The predicted molar refractivity (Wildman–Crippen MR) is 119 cm³/mol. The summed E-state index contributed by atoms with van der Waals surface area (Å²) < 4.78 is 55.3. The number of fused-ring (bicyclic) bond motifs is 2. The summed E-state index contributed by atoms with van der Waals surface area (Å²) in [6.45, 7) is 1.06. The summed E-state index contributed by atoms with van der Waals surface area (Å²) in [5.74, 6) is 0. The number of benzene rings is 2. The second-order valence-electron chi connectivity index (χ2n) is 8.33. The number of sulfone groups is 2. The van der Waals surface area contributed by atoms with Crippen LogP contribution in [0.15, 0.2) is 58.3 Å². The van der Waals surface area contributed by atoms with Crippen LogP contribution in [0.4, 0.5) is 0 Å². The molecule has 2 unspecified atom stereocenters. The lowest BCUT2D eigenvalue weighted by Gasteiger charge is -2.30. The number of nitrogens with zero attached hydrogens (tertiary/aromatic N) is 2. The van der Waals surface area contributed by atoms with Gasteiger partial charge in [-0.15, -0.1) is 0 Å². The van der Waals surface area contributed by atoms with Crippen LogP contribution in [0.25, 0.3) is 0 Å². The zero-order chi connectivity index (χ0) is 22.1. The van der Waals surface area contributed by atoms with Crippen molar-refractivity contribution < 1.29 is 16.8 Å². The molecule has 2 atom stereocenters. The number of hydrogen-bond acceptors (Lipinski definition) is 6. The maximum Gasteiger partial charge on any atom is 0.185 e. The minimum absolute atomic E-state index is 0.135. The summed E-state index contributed by atoms with van der Waals surface area (Å²) in [6, 6.07) is 13.2. The van der Waals surface area contributed by atoms with Crippen LogP contribution in [0.2, 0.25) is 0 Å². The van der Waals surface area contributed by atoms with Crippen LogP contribution >= 0.6 is 0 Å². The van der Waals surface area contributed by atoms with Crippen molar-refractivity contribution in [3.05, 3.63) is 59.7 Å². The molecule has 6 nitrogen and oxygen atoms in total. The topological polar surface area (TPSA) is 74.8 Å². The van der Waals surface area contributed by atoms with Gasteiger partial charge < -0.3 is 9.80 Å². The van der Waals surface area contributed by atoms with E-state index in [1.807, 2.05) is 38.0 Å². The van der Waals surface area contributed by atoms with Gasteiger partial charge in [-0.05, 0) is 77.4 Å². The third kappa shape index (κ3) is 4.32. The molecule has 0 aromatic heterocycles. The van der Waals surface area contributed by atoms with E-state index >= 15 is 0 Å². The zero-order valence-electron chi connectivity index (χ0n) is 17.9. The molecular formula is C22H30N2O4S2. The lowest BCUT2D eigenvalue weighted by Crippen LogP contribution is -2.29. The Morgan fingerprint density at radius 2 is 0.967 bits per heavy atom. The highest BCUT2D eigenvalue weighted by Crippen LogP contribution is 2.45. The molecule has 8 heteroatoms. The van der Waals surface area contributed by atoms with E-state index in [4.69, 9.17) is 0 Å². The maximum absolute atomic E-state index is 13.8. The molecule has 0 bridgehead atoms. The second kappa shape index (κ2) is 8.78. The molecule has 0 saturated heterocycles. The summed E-state index contributed by atoms with van der Waals surface area (Å²) >= 11 is 0. The van der Waals surface area contributed by atoms with Crippen LogP contribution in [-0.4, -0.2) is 67.9 Å². The van der Waals surface area contributed by atoms with E-state index in [-0.39, 0.29) is 9.79 Å². The largest absolute Gasteiger partial charge is 0.309 e. The second-order valence-corrected chi connectivity index (χ2v) is 12.5. The van der Waals surface area contributed by atoms with E-state index in [0.717, 1.165) is 0 Å². The Balaban J connectivity index is 2.31. The summed E-state index contributed by atoms with van der Waals surface area (Å²) in [6.07, 6.45) is 0.636. The third-order valence-electron chi connectivity index (χ3n) is 5.57. The van der Waals surface area contributed by atoms with Crippen molar-refractivity contribution >= 4 is 19.7 Å². The van der Waals surface area contributed by atoms with Crippen molar-refractivity contribution in [2.75, 3.05) is 41.3 Å². The average molecular weight is 451 g/mol. The first-order valence-corrected chi connectivity index (χ1v) is 13.1. The van der Waals surface area contributed by atoms with E-state index in [2.05, 4.69) is 0 Å². The maximum atomic E-state index is 13.8. The van der Waals surface area contributed by atoms with Gasteiger partial charge in [0.1, 0.15) is 0 Å². The average Bonchev–Trinajstić information content (AvgIpc) is 2.67. The van der Waals surface area contributed by atoms with Crippen LogP contribution in [0, 0.1) is 0 Å². The number of rotatable bonds is 6. The van der Waals surface area contributed by atoms with Crippen molar-refractivity contribution in [3.63, 3.8) is 0 Å². The van der Waals surface area contributed by atoms with E-state index in [1.165, 1.54) is 0 Å². The third-order valence-corrected chi connectivity index (χ3v) is 10.0. The Bertz CT molecular complexity index is 1020. The molecule has 1 aliphatic heterocycles. The molecule has 1 aliphatic rings. The van der Waals surface area contributed by atoms with Crippen molar-refractivity contribution in [1.82, 2.24) is 9.80 Å². The van der Waals surface area contributed by atoms with Gasteiger partial charge in [0.05, 0.1) is 20.3 Å². The minimum Gasteiger partial charge on any atom is -0.309 e. The fraction of sp³-hybridized carbons (Fsp3) is 0.455. The van der Waals surface area contributed by atoms with Gasteiger partial charge >= 0.3 is 0 Å². The summed E-state index contributed by atoms with van der Waals surface area (Å²) in [5, 5.41) is -1.83. The van der Waals surface area contributed by atoms with E-state index in [0.29, 0.717) is 37.1 Å². The van der Waals surface area contributed by atoms with Gasteiger partial charge in [0.15, 0.2) is 19.7 Å². The highest BCUT2D eigenvalue weighted by atomic mass is 32.2. The van der Waals surface area contributed by atoms with Crippen LogP contribution in [-0.2, 0) is 19.7 Å². The van der Waals surface area contributed by atoms with Gasteiger partial charge in [-0.25, -0.2) is 16.8 Å². The molecule has 30 heavy (non-hydrogen) atoms. The van der Waals surface area contributed by atoms with Crippen molar-refractivity contribution in [2.24, 2.45) is 0 Å². The molecule has 0 fully saturated rings. The Labute approximate surface area is 180 Å². The van der Waals surface area contributed by atoms with Crippen molar-refractivity contribution in [1.29, 1.82) is 0 Å². The van der Waals surface area contributed by atoms with Crippen LogP contribution in [0.3, 0.4) is 0 Å². The summed E-state index contributed by atoms with van der Waals surface area (Å²) in [7, 11) is -0.0426. The van der Waals surface area contributed by atoms with E-state index < -0.39 is 30.2 Å². The molecule has 0 radical (unpaired) electrons. The predicted octanol–water partition coefficient (Wildman–Crippen LogP) is 2.93. The van der Waals surface area contributed by atoms with Crippen LogP contribution < -0.4 is 0 Å². The zero-order valence-corrected chi connectivity index (χ0v) is 19.6. The Morgan fingerprint density at radius 1 is 0.633 bits per heavy atom. The molecule has 0 amide bonds. The highest BCUT2D eigenvalue weighted by molar-refractivity contribution is 7.93. The first-order chi connectivity index (χ1) is 14.1. The van der Waals surface area contributed by atoms with Crippen LogP contribution in [0.1, 0.15) is 34.5 Å². The minimum atomic E-state index is -3.78. The molecule has 0 aliphatic carbocycles. The smallest absolute Gasteiger partial charge is 0.185 e. The van der Waals surface area contributed by atoms with E-state index in [9.17, 15) is 16.8 Å². The molecular weight excluding hydrogens is 420 g/mol. The first kappa shape index (κ1) is 22.9. The van der Waals surface area contributed by atoms with Crippen LogP contribution in [0.5, 0.6) is 0 Å². The van der Waals surface area contributed by atoms with E-state index in [1.54, 1.807) is 48.5 Å². The quantitative estimate of drug-likeness (QED) is 0.674. The Morgan fingerprint density at radius 3 is 1.30 bits per heavy atom.